The van der Waals surface area contributed by atoms with Crippen molar-refractivity contribution in [3.05, 3.63) is 0 Å². The summed E-state index contributed by atoms with van der Waals surface area (Å²) in [5.74, 6) is -0.163. The van der Waals surface area contributed by atoms with Crippen molar-refractivity contribution < 1.29 is 17.9 Å². The molecule has 1 aliphatic rings. The molecule has 7 heteroatoms. The highest BCUT2D eigenvalue weighted by atomic mass is 32.2. The highest BCUT2D eigenvalue weighted by molar-refractivity contribution is 7.88. The topological polar surface area (TPSA) is 84.5 Å². The zero-order valence-electron chi connectivity index (χ0n) is 10.2. The Morgan fingerprint density at radius 3 is 2.76 bits per heavy atom. The molecule has 0 unspecified atom stereocenters. The van der Waals surface area contributed by atoms with E-state index in [0.717, 1.165) is 25.7 Å². The van der Waals surface area contributed by atoms with E-state index in [1.807, 2.05) is 6.92 Å². The van der Waals surface area contributed by atoms with E-state index in [4.69, 9.17) is 4.74 Å². The van der Waals surface area contributed by atoms with Crippen LogP contribution in [0.3, 0.4) is 0 Å². The van der Waals surface area contributed by atoms with Crippen molar-refractivity contribution in [3.8, 4) is 0 Å². The van der Waals surface area contributed by atoms with Crippen molar-refractivity contribution >= 4 is 15.9 Å². The van der Waals surface area contributed by atoms with E-state index < -0.39 is 10.0 Å². The average Bonchev–Trinajstić information content (AvgIpc) is 2.67. The molecule has 1 amide bonds. The fourth-order valence-electron chi connectivity index (χ4n) is 1.77. The molecule has 0 spiro atoms. The maximum atomic E-state index is 11.5. The summed E-state index contributed by atoms with van der Waals surface area (Å²) in [6, 6.07) is -0.0248. The molecule has 0 aromatic carbocycles. The lowest BCUT2D eigenvalue weighted by Crippen LogP contribution is -2.41. The third-order valence-corrected chi connectivity index (χ3v) is 3.36. The molecule has 1 heterocycles. The fourth-order valence-corrected chi connectivity index (χ4v) is 2.24. The van der Waals surface area contributed by atoms with Crippen LogP contribution in [0.1, 0.15) is 26.2 Å². The number of nitrogens with one attached hydrogen (secondary N) is 2. The van der Waals surface area contributed by atoms with Crippen LogP contribution in [0.15, 0.2) is 0 Å². The minimum Gasteiger partial charge on any atom is -0.376 e. The van der Waals surface area contributed by atoms with Crippen LogP contribution in [0.5, 0.6) is 0 Å². The molecule has 0 aromatic heterocycles. The Labute approximate surface area is 102 Å². The molecule has 0 aromatic rings. The number of carbonyl (C=O) groups is 1. The lowest BCUT2D eigenvalue weighted by molar-refractivity contribution is -0.122. The van der Waals surface area contributed by atoms with E-state index in [1.54, 1.807) is 0 Å². The van der Waals surface area contributed by atoms with Gasteiger partial charge in [-0.2, -0.15) is 0 Å². The molecule has 1 aliphatic heterocycles. The fraction of sp³-hybridized carbons (Fsp3) is 0.900. The summed E-state index contributed by atoms with van der Waals surface area (Å²) in [6.45, 7) is 2.78. The standard InChI is InChI=1S/C10H20N2O4S/c1-8(9-4-3-7-16-9)12-10(13)5-6-11-17(2,14)15/h8-9,11H,3-7H2,1-2H3,(H,12,13)/t8-,9-/m0/s1. The van der Waals surface area contributed by atoms with E-state index in [-0.39, 0.29) is 31.0 Å². The highest BCUT2D eigenvalue weighted by Crippen LogP contribution is 2.15. The average molecular weight is 264 g/mol. The Morgan fingerprint density at radius 2 is 2.24 bits per heavy atom. The van der Waals surface area contributed by atoms with E-state index in [0.29, 0.717) is 0 Å². The van der Waals surface area contributed by atoms with Gasteiger partial charge in [-0.1, -0.05) is 0 Å². The lowest BCUT2D eigenvalue weighted by Gasteiger charge is -2.19. The highest BCUT2D eigenvalue weighted by Gasteiger charge is 2.23. The first-order chi connectivity index (χ1) is 7.88. The first-order valence-electron chi connectivity index (χ1n) is 5.74. The molecule has 1 rings (SSSR count). The van der Waals surface area contributed by atoms with Crippen molar-refractivity contribution in [1.82, 2.24) is 10.0 Å². The zero-order chi connectivity index (χ0) is 12.9. The van der Waals surface area contributed by atoms with Gasteiger partial charge >= 0.3 is 0 Å². The molecule has 2 atom stereocenters. The molecule has 17 heavy (non-hydrogen) atoms. The van der Waals surface area contributed by atoms with Gasteiger partial charge in [-0.25, -0.2) is 13.1 Å². The van der Waals surface area contributed by atoms with Gasteiger partial charge in [-0.05, 0) is 19.8 Å². The van der Waals surface area contributed by atoms with E-state index in [1.165, 1.54) is 0 Å². The van der Waals surface area contributed by atoms with Gasteiger partial charge in [0.05, 0.1) is 18.4 Å². The largest absolute Gasteiger partial charge is 0.376 e. The molecule has 1 fully saturated rings. The molecule has 0 saturated carbocycles. The summed E-state index contributed by atoms with van der Waals surface area (Å²) < 4.78 is 29.3. The van der Waals surface area contributed by atoms with Crippen LogP contribution in [-0.2, 0) is 19.6 Å². The van der Waals surface area contributed by atoms with Gasteiger partial charge in [0.25, 0.3) is 0 Å². The Hall–Kier alpha value is -0.660. The van der Waals surface area contributed by atoms with Crippen LogP contribution < -0.4 is 10.0 Å². The molecule has 100 valence electrons. The van der Waals surface area contributed by atoms with Crippen molar-refractivity contribution in [2.24, 2.45) is 0 Å². The van der Waals surface area contributed by atoms with Crippen LogP contribution >= 0.6 is 0 Å². The maximum absolute atomic E-state index is 11.5. The van der Waals surface area contributed by atoms with E-state index in [2.05, 4.69) is 10.0 Å². The predicted octanol–water partition coefficient (Wildman–Crippen LogP) is -0.391. The monoisotopic (exact) mass is 264 g/mol. The quantitative estimate of drug-likeness (QED) is 0.684. The summed E-state index contributed by atoms with van der Waals surface area (Å²) in [6.07, 6.45) is 3.29. The van der Waals surface area contributed by atoms with Crippen LogP contribution in [0.2, 0.25) is 0 Å². The van der Waals surface area contributed by atoms with Crippen LogP contribution in [0, 0.1) is 0 Å². The molecule has 0 bridgehead atoms. The van der Waals surface area contributed by atoms with Crippen molar-refractivity contribution in [2.75, 3.05) is 19.4 Å². The number of hydrogen-bond donors (Lipinski definition) is 2. The number of sulfonamides is 1. The van der Waals surface area contributed by atoms with Crippen LogP contribution in [-0.4, -0.2) is 45.9 Å². The van der Waals surface area contributed by atoms with Gasteiger partial charge in [0.15, 0.2) is 0 Å². The Kier molecular flexibility index (Phi) is 5.35. The Bertz CT molecular complexity index is 349. The summed E-state index contributed by atoms with van der Waals surface area (Å²) in [4.78, 5) is 11.5. The minimum absolute atomic E-state index is 0.0248. The van der Waals surface area contributed by atoms with Crippen LogP contribution in [0.4, 0.5) is 0 Å². The zero-order valence-corrected chi connectivity index (χ0v) is 11.0. The summed E-state index contributed by atoms with van der Waals surface area (Å²) in [5.41, 5.74) is 0. The van der Waals surface area contributed by atoms with Gasteiger partial charge < -0.3 is 10.1 Å². The van der Waals surface area contributed by atoms with Gasteiger partial charge in [0.1, 0.15) is 0 Å². The third kappa shape index (κ3) is 5.99. The molecule has 0 aliphatic carbocycles. The molecule has 1 saturated heterocycles. The Balaban J connectivity index is 2.20. The normalized spacial score (nSPS) is 22.4. The van der Waals surface area contributed by atoms with E-state index >= 15 is 0 Å². The van der Waals surface area contributed by atoms with Crippen molar-refractivity contribution in [1.29, 1.82) is 0 Å². The maximum Gasteiger partial charge on any atom is 0.221 e. The minimum atomic E-state index is -3.22. The lowest BCUT2D eigenvalue weighted by atomic mass is 10.1. The second-order valence-electron chi connectivity index (χ2n) is 4.32. The van der Waals surface area contributed by atoms with Gasteiger partial charge in [-0.15, -0.1) is 0 Å². The van der Waals surface area contributed by atoms with Crippen molar-refractivity contribution in [2.45, 2.75) is 38.3 Å². The second-order valence-corrected chi connectivity index (χ2v) is 6.16. The number of carbonyl (C=O) groups excluding carboxylic acids is 1. The number of rotatable bonds is 6. The SMILES string of the molecule is C[C@H](NC(=O)CCNS(C)(=O)=O)[C@@H]1CCCO1. The number of amides is 1. The first-order valence-corrected chi connectivity index (χ1v) is 7.63. The second kappa shape index (κ2) is 6.32. The van der Waals surface area contributed by atoms with Gasteiger partial charge in [-0.3, -0.25) is 4.79 Å². The molecule has 2 N–H and O–H groups in total. The smallest absolute Gasteiger partial charge is 0.221 e. The Morgan fingerprint density at radius 1 is 1.53 bits per heavy atom. The summed E-state index contributed by atoms with van der Waals surface area (Å²) >= 11 is 0. The third-order valence-electron chi connectivity index (χ3n) is 2.63. The summed E-state index contributed by atoms with van der Waals surface area (Å²) in [5, 5.41) is 2.81. The summed E-state index contributed by atoms with van der Waals surface area (Å²) in [7, 11) is -3.22. The van der Waals surface area contributed by atoms with Crippen LogP contribution in [0.25, 0.3) is 0 Å². The molecule has 6 nitrogen and oxygen atoms in total. The number of hydrogen-bond acceptors (Lipinski definition) is 4. The molecule has 0 radical (unpaired) electrons. The number of ether oxygens (including phenoxy) is 1. The predicted molar refractivity (Wildman–Crippen MR) is 64.0 cm³/mol. The van der Waals surface area contributed by atoms with E-state index in [9.17, 15) is 13.2 Å². The molecular formula is C10H20N2O4S. The molecular weight excluding hydrogens is 244 g/mol. The van der Waals surface area contributed by atoms with Crippen molar-refractivity contribution in [3.63, 3.8) is 0 Å². The first kappa shape index (κ1) is 14.4. The van der Waals surface area contributed by atoms with Gasteiger partial charge in [0, 0.05) is 19.6 Å². The van der Waals surface area contributed by atoms with Gasteiger partial charge in [0.2, 0.25) is 15.9 Å².